The summed E-state index contributed by atoms with van der Waals surface area (Å²) in [7, 11) is 0. The highest BCUT2D eigenvalue weighted by Crippen LogP contribution is 2.40. The highest BCUT2D eigenvalue weighted by molar-refractivity contribution is 5.61. The summed E-state index contributed by atoms with van der Waals surface area (Å²) in [6.07, 6.45) is 8.70. The van der Waals surface area contributed by atoms with Crippen molar-refractivity contribution in [3.05, 3.63) is 53.2 Å². The molecule has 26 heavy (non-hydrogen) atoms. The maximum absolute atomic E-state index is 5.02. The molecular weight excluding hydrogens is 314 g/mol. The van der Waals surface area contributed by atoms with Crippen LogP contribution in [0, 0.1) is 12.1 Å². The minimum absolute atomic E-state index is 0.521. The molecule has 3 atom stereocenters. The molecule has 0 amide bonds. The van der Waals surface area contributed by atoms with E-state index in [2.05, 4.69) is 58.0 Å². The van der Waals surface area contributed by atoms with E-state index in [1.807, 2.05) is 6.07 Å². The normalized spacial score (nSPS) is 20.3. The van der Waals surface area contributed by atoms with Gasteiger partial charge in [0.2, 0.25) is 0 Å². The molecule has 0 saturated heterocycles. The Bertz CT molecular complexity index is 718. The van der Waals surface area contributed by atoms with E-state index in [9.17, 15) is 0 Å². The molecule has 1 aliphatic carbocycles. The van der Waals surface area contributed by atoms with Crippen molar-refractivity contribution in [1.82, 2.24) is 4.98 Å². The second-order valence-corrected chi connectivity index (χ2v) is 8.15. The molecule has 1 aromatic heterocycles. The van der Waals surface area contributed by atoms with Crippen LogP contribution in [0.3, 0.4) is 0 Å². The first-order valence-corrected chi connectivity index (χ1v) is 10.6. The van der Waals surface area contributed by atoms with Gasteiger partial charge in [-0.05, 0) is 60.8 Å². The molecule has 0 saturated carbocycles. The van der Waals surface area contributed by atoms with Crippen molar-refractivity contribution in [3.63, 3.8) is 0 Å². The molecule has 2 aromatic rings. The van der Waals surface area contributed by atoms with Gasteiger partial charge in [-0.3, -0.25) is 0 Å². The van der Waals surface area contributed by atoms with Gasteiger partial charge in [-0.25, -0.2) is 4.98 Å². The molecule has 0 radical (unpaired) electrons. The third-order valence-corrected chi connectivity index (χ3v) is 6.06. The summed E-state index contributed by atoms with van der Waals surface area (Å²) in [5, 5.41) is 0. The van der Waals surface area contributed by atoms with Crippen LogP contribution in [0.1, 0.15) is 107 Å². The molecule has 1 heteroatoms. The molecule has 1 nitrogen and oxygen atoms in total. The van der Waals surface area contributed by atoms with E-state index in [1.54, 1.807) is 0 Å². The SMILES string of the molecule is CCCCC(CCC)c1c#ccc(-c2ccc3c(c2)C(C)CCC3C)n1. The molecule has 0 bridgehead atoms. The van der Waals surface area contributed by atoms with E-state index < -0.39 is 0 Å². The zero-order chi connectivity index (χ0) is 18.5. The van der Waals surface area contributed by atoms with Crippen LogP contribution in [0.25, 0.3) is 11.3 Å². The first-order chi connectivity index (χ1) is 12.6. The summed E-state index contributed by atoms with van der Waals surface area (Å²) in [5.74, 6) is 1.85. The Hall–Kier alpha value is -1.81. The van der Waals surface area contributed by atoms with Crippen LogP contribution in [-0.4, -0.2) is 4.98 Å². The maximum atomic E-state index is 5.02. The summed E-state index contributed by atoms with van der Waals surface area (Å²) in [6.45, 7) is 9.24. The van der Waals surface area contributed by atoms with Gasteiger partial charge in [-0.2, -0.15) is 0 Å². The second kappa shape index (κ2) is 8.72. The molecule has 0 fully saturated rings. The zero-order valence-corrected chi connectivity index (χ0v) is 16.9. The minimum Gasteiger partial charge on any atom is -0.243 e. The topological polar surface area (TPSA) is 12.9 Å². The minimum atomic E-state index is 0.521. The quantitative estimate of drug-likeness (QED) is 0.507. The first kappa shape index (κ1) is 19.0. The van der Waals surface area contributed by atoms with Crippen molar-refractivity contribution in [1.29, 1.82) is 0 Å². The Morgan fingerprint density at radius 1 is 1.04 bits per heavy atom. The predicted molar refractivity (Wildman–Crippen MR) is 111 cm³/mol. The highest BCUT2D eigenvalue weighted by atomic mass is 14.7. The molecule has 3 unspecified atom stereocenters. The third-order valence-electron chi connectivity index (χ3n) is 6.06. The molecule has 138 valence electrons. The molecule has 0 N–H and O–H groups in total. The summed E-state index contributed by atoms with van der Waals surface area (Å²) in [5.41, 5.74) is 6.46. The number of fused-ring (bicyclic) bond motifs is 1. The smallest absolute Gasteiger partial charge is 0.0941 e. The number of benzene rings is 1. The van der Waals surface area contributed by atoms with E-state index in [-0.39, 0.29) is 0 Å². The van der Waals surface area contributed by atoms with Gasteiger partial charge in [0.15, 0.2) is 0 Å². The van der Waals surface area contributed by atoms with Gasteiger partial charge in [0.1, 0.15) is 0 Å². The summed E-state index contributed by atoms with van der Waals surface area (Å²) >= 11 is 0. The summed E-state index contributed by atoms with van der Waals surface area (Å²) in [4.78, 5) is 5.02. The van der Waals surface area contributed by atoms with Crippen LogP contribution in [0.5, 0.6) is 0 Å². The van der Waals surface area contributed by atoms with Crippen LogP contribution in [-0.2, 0) is 0 Å². The Morgan fingerprint density at radius 3 is 2.54 bits per heavy atom. The average Bonchev–Trinajstić information content (AvgIpc) is 2.68. The van der Waals surface area contributed by atoms with E-state index >= 15 is 0 Å². The van der Waals surface area contributed by atoms with Crippen LogP contribution in [0.2, 0.25) is 0 Å². The third kappa shape index (κ3) is 4.12. The largest absolute Gasteiger partial charge is 0.243 e. The molecule has 1 aromatic carbocycles. The lowest BCUT2D eigenvalue weighted by Gasteiger charge is -2.28. The number of rotatable bonds is 7. The van der Waals surface area contributed by atoms with Gasteiger partial charge in [0.05, 0.1) is 11.4 Å². The van der Waals surface area contributed by atoms with Gasteiger partial charge >= 0.3 is 0 Å². The Kier molecular flexibility index (Phi) is 6.36. The Morgan fingerprint density at radius 2 is 1.81 bits per heavy atom. The van der Waals surface area contributed by atoms with E-state index in [4.69, 9.17) is 4.98 Å². The highest BCUT2D eigenvalue weighted by Gasteiger charge is 2.22. The molecule has 1 aliphatic rings. The molecule has 1 heterocycles. The van der Waals surface area contributed by atoms with Crippen molar-refractivity contribution in [2.45, 2.75) is 90.4 Å². The fourth-order valence-corrected chi connectivity index (χ4v) is 4.35. The number of unbranched alkanes of at least 4 members (excludes halogenated alkanes) is 1. The lowest BCUT2D eigenvalue weighted by molar-refractivity contribution is 0.527. The molecule has 0 spiro atoms. The van der Waals surface area contributed by atoms with Crippen LogP contribution in [0.4, 0.5) is 0 Å². The number of hydrogen-bond acceptors (Lipinski definition) is 1. The summed E-state index contributed by atoms with van der Waals surface area (Å²) < 4.78 is 0. The van der Waals surface area contributed by atoms with Crippen LogP contribution >= 0.6 is 0 Å². The molecular formula is C25H33N. The number of nitrogens with zero attached hydrogens (tertiary/aromatic N) is 1. The Labute approximate surface area is 160 Å². The number of aromatic nitrogens is 1. The van der Waals surface area contributed by atoms with Gasteiger partial charge < -0.3 is 0 Å². The molecule has 0 aliphatic heterocycles. The predicted octanol–water partition coefficient (Wildman–Crippen LogP) is 7.42. The van der Waals surface area contributed by atoms with Crippen molar-refractivity contribution >= 4 is 0 Å². The maximum Gasteiger partial charge on any atom is 0.0941 e. The lowest BCUT2D eigenvalue weighted by atomic mass is 9.77. The Balaban J connectivity index is 1.91. The summed E-state index contributed by atoms with van der Waals surface area (Å²) in [6, 6.07) is 15.6. The standard InChI is InChI=1S/C25H33N/c1-5-7-10-20(9-6-2)24-11-8-12-25(26-24)21-15-16-22-18(3)13-14-19(4)23(22)17-21/h12,15-20H,5-7,9-10,13-14H2,1-4H3. The van der Waals surface area contributed by atoms with Crippen LogP contribution < -0.4 is 0 Å². The van der Waals surface area contributed by atoms with Crippen LogP contribution in [0.15, 0.2) is 24.3 Å². The monoisotopic (exact) mass is 347 g/mol. The van der Waals surface area contributed by atoms with Gasteiger partial charge in [-0.1, -0.05) is 65.2 Å². The van der Waals surface area contributed by atoms with E-state index in [0.717, 1.165) is 11.4 Å². The van der Waals surface area contributed by atoms with Gasteiger partial charge in [0.25, 0.3) is 0 Å². The van der Waals surface area contributed by atoms with Crippen molar-refractivity contribution in [3.8, 4) is 11.3 Å². The van der Waals surface area contributed by atoms with E-state index in [0.29, 0.717) is 17.8 Å². The van der Waals surface area contributed by atoms with Crippen molar-refractivity contribution in [2.24, 2.45) is 0 Å². The number of hydrogen-bond donors (Lipinski definition) is 0. The average molecular weight is 348 g/mol. The van der Waals surface area contributed by atoms with Gasteiger partial charge in [0, 0.05) is 17.5 Å². The lowest BCUT2D eigenvalue weighted by Crippen LogP contribution is -2.10. The van der Waals surface area contributed by atoms with E-state index in [1.165, 1.54) is 61.6 Å². The van der Waals surface area contributed by atoms with Gasteiger partial charge in [-0.15, -0.1) is 0 Å². The second-order valence-electron chi connectivity index (χ2n) is 8.15. The van der Waals surface area contributed by atoms with Crippen molar-refractivity contribution < 1.29 is 0 Å². The molecule has 3 rings (SSSR count). The fourth-order valence-electron chi connectivity index (χ4n) is 4.35. The first-order valence-electron chi connectivity index (χ1n) is 10.6. The van der Waals surface area contributed by atoms with Crippen molar-refractivity contribution in [2.75, 3.05) is 0 Å². The zero-order valence-electron chi connectivity index (χ0n) is 16.9. The fraction of sp³-hybridized carbons (Fsp3) is 0.560.